The summed E-state index contributed by atoms with van der Waals surface area (Å²) in [6.07, 6.45) is 0.952. The van der Waals surface area contributed by atoms with Gasteiger partial charge in [0.15, 0.2) is 0 Å². The number of benzene rings is 1. The van der Waals surface area contributed by atoms with Crippen LogP contribution in [0.5, 0.6) is 5.75 Å². The maximum atomic E-state index is 5.49. The molecule has 0 radical (unpaired) electrons. The summed E-state index contributed by atoms with van der Waals surface area (Å²) in [5, 5.41) is 7.89. The summed E-state index contributed by atoms with van der Waals surface area (Å²) in [6.45, 7) is 4.81. The molecule has 0 aliphatic rings. The first-order valence-corrected chi connectivity index (χ1v) is 7.12. The first-order valence-electron chi connectivity index (χ1n) is 7.12. The Labute approximate surface area is 120 Å². The fourth-order valence-electron chi connectivity index (χ4n) is 2.39. The molecule has 2 aromatic rings. The zero-order valence-corrected chi connectivity index (χ0v) is 12.7. The van der Waals surface area contributed by atoms with E-state index in [-0.39, 0.29) is 6.04 Å². The minimum Gasteiger partial charge on any atom is -0.494 e. The molecule has 1 heterocycles. The van der Waals surface area contributed by atoms with Gasteiger partial charge in [-0.2, -0.15) is 5.10 Å². The molecule has 0 spiro atoms. The molecule has 108 valence electrons. The van der Waals surface area contributed by atoms with Gasteiger partial charge in [-0.1, -0.05) is 19.1 Å². The number of aryl methyl sites for hydroxylation is 2. The smallest absolute Gasteiger partial charge is 0.119 e. The number of nitrogens with zero attached hydrogens (tertiary/aromatic N) is 2. The predicted octanol–water partition coefficient (Wildman–Crippen LogP) is 2.69. The van der Waals surface area contributed by atoms with Crippen LogP contribution in [-0.4, -0.2) is 23.4 Å². The molecule has 0 amide bonds. The van der Waals surface area contributed by atoms with E-state index in [1.165, 1.54) is 11.3 Å². The lowest BCUT2D eigenvalue weighted by Crippen LogP contribution is -2.20. The number of aromatic nitrogens is 2. The van der Waals surface area contributed by atoms with Gasteiger partial charge in [-0.15, -0.1) is 0 Å². The van der Waals surface area contributed by atoms with E-state index in [0.29, 0.717) is 6.61 Å². The second kappa shape index (κ2) is 6.57. The molecule has 0 fully saturated rings. The molecule has 0 saturated heterocycles. The molecule has 0 saturated carbocycles. The molecule has 2 rings (SSSR count). The predicted molar refractivity (Wildman–Crippen MR) is 81.1 cm³/mol. The summed E-state index contributed by atoms with van der Waals surface area (Å²) in [6, 6.07) is 10.5. The minimum atomic E-state index is 0.142. The summed E-state index contributed by atoms with van der Waals surface area (Å²) in [5.74, 6) is 0.908. The van der Waals surface area contributed by atoms with Crippen LogP contribution in [0.25, 0.3) is 0 Å². The average molecular weight is 273 g/mol. The number of hydrogen-bond donors (Lipinski definition) is 1. The Hall–Kier alpha value is -1.81. The molecular formula is C16H23N3O. The summed E-state index contributed by atoms with van der Waals surface area (Å²) < 4.78 is 7.44. The summed E-state index contributed by atoms with van der Waals surface area (Å²) in [7, 11) is 3.97. The van der Waals surface area contributed by atoms with Crippen LogP contribution >= 0.6 is 0 Å². The van der Waals surface area contributed by atoms with Crippen LogP contribution in [-0.2, 0) is 13.5 Å². The van der Waals surface area contributed by atoms with Crippen molar-refractivity contribution in [3.05, 3.63) is 47.3 Å². The Morgan fingerprint density at radius 3 is 2.45 bits per heavy atom. The lowest BCUT2D eigenvalue weighted by atomic mass is 10.0. The van der Waals surface area contributed by atoms with Crippen LogP contribution in [0.2, 0.25) is 0 Å². The molecule has 0 aliphatic carbocycles. The zero-order valence-electron chi connectivity index (χ0n) is 12.7. The van der Waals surface area contributed by atoms with Crippen molar-refractivity contribution in [3.8, 4) is 5.75 Å². The van der Waals surface area contributed by atoms with Gasteiger partial charge in [-0.3, -0.25) is 4.68 Å². The van der Waals surface area contributed by atoms with Crippen LogP contribution in [0.4, 0.5) is 0 Å². The Morgan fingerprint density at radius 1 is 1.25 bits per heavy atom. The van der Waals surface area contributed by atoms with E-state index in [2.05, 4.69) is 35.5 Å². The molecular weight excluding hydrogens is 250 g/mol. The highest BCUT2D eigenvalue weighted by atomic mass is 16.5. The lowest BCUT2D eigenvalue weighted by molar-refractivity contribution is 0.340. The lowest BCUT2D eigenvalue weighted by Gasteiger charge is -2.17. The standard InChI is InChI=1S/C16H23N3O/c1-5-13-11-15(19(4)18-13)16(17-3)12-7-9-14(10-8-12)20-6-2/h7-11,16-17H,5-6H2,1-4H3. The first-order chi connectivity index (χ1) is 9.69. The highest BCUT2D eigenvalue weighted by Crippen LogP contribution is 2.24. The van der Waals surface area contributed by atoms with Crippen LogP contribution < -0.4 is 10.1 Å². The highest BCUT2D eigenvalue weighted by Gasteiger charge is 2.16. The largest absolute Gasteiger partial charge is 0.494 e. The van der Waals surface area contributed by atoms with Gasteiger partial charge in [0.25, 0.3) is 0 Å². The van der Waals surface area contributed by atoms with Crippen LogP contribution in [0.1, 0.15) is 36.8 Å². The van der Waals surface area contributed by atoms with Crippen molar-refractivity contribution in [1.82, 2.24) is 15.1 Å². The van der Waals surface area contributed by atoms with Gasteiger partial charge in [-0.05, 0) is 44.2 Å². The second-order valence-electron chi connectivity index (χ2n) is 4.76. The molecule has 1 unspecified atom stereocenters. The van der Waals surface area contributed by atoms with Gasteiger partial charge >= 0.3 is 0 Å². The third-order valence-electron chi connectivity index (χ3n) is 3.44. The number of ether oxygens (including phenoxy) is 1. The molecule has 1 N–H and O–H groups in total. The van der Waals surface area contributed by atoms with Crippen molar-refractivity contribution in [3.63, 3.8) is 0 Å². The van der Waals surface area contributed by atoms with Crippen molar-refractivity contribution >= 4 is 0 Å². The van der Waals surface area contributed by atoms with Gasteiger partial charge in [0.1, 0.15) is 5.75 Å². The molecule has 0 bridgehead atoms. The monoisotopic (exact) mass is 273 g/mol. The van der Waals surface area contributed by atoms with Crippen molar-refractivity contribution in [1.29, 1.82) is 0 Å². The molecule has 1 aromatic heterocycles. The molecule has 0 aliphatic heterocycles. The number of nitrogens with one attached hydrogen (secondary N) is 1. The fraction of sp³-hybridized carbons (Fsp3) is 0.438. The molecule has 4 heteroatoms. The molecule has 1 atom stereocenters. The maximum absolute atomic E-state index is 5.49. The Morgan fingerprint density at radius 2 is 1.95 bits per heavy atom. The Bertz CT molecular complexity index is 545. The van der Waals surface area contributed by atoms with Gasteiger partial charge in [-0.25, -0.2) is 0 Å². The Kier molecular flexibility index (Phi) is 4.79. The van der Waals surface area contributed by atoms with Gasteiger partial charge < -0.3 is 10.1 Å². The number of hydrogen-bond acceptors (Lipinski definition) is 3. The van der Waals surface area contributed by atoms with E-state index >= 15 is 0 Å². The van der Waals surface area contributed by atoms with Crippen LogP contribution in [0.15, 0.2) is 30.3 Å². The van der Waals surface area contributed by atoms with Crippen molar-refractivity contribution in [2.24, 2.45) is 7.05 Å². The normalized spacial score (nSPS) is 12.4. The second-order valence-corrected chi connectivity index (χ2v) is 4.76. The van der Waals surface area contributed by atoms with Crippen LogP contribution in [0, 0.1) is 0 Å². The SMILES string of the molecule is CCOc1ccc(C(NC)c2cc(CC)nn2C)cc1. The van der Waals surface area contributed by atoms with Gasteiger partial charge in [0, 0.05) is 7.05 Å². The number of rotatable bonds is 6. The summed E-state index contributed by atoms with van der Waals surface area (Å²) in [5.41, 5.74) is 3.50. The summed E-state index contributed by atoms with van der Waals surface area (Å²) in [4.78, 5) is 0. The van der Waals surface area contributed by atoms with Crippen LogP contribution in [0.3, 0.4) is 0 Å². The summed E-state index contributed by atoms with van der Waals surface area (Å²) >= 11 is 0. The Balaban J connectivity index is 2.28. The molecule has 1 aromatic carbocycles. The topological polar surface area (TPSA) is 39.1 Å². The van der Waals surface area contributed by atoms with E-state index in [1.54, 1.807) is 0 Å². The molecule has 20 heavy (non-hydrogen) atoms. The van der Waals surface area contributed by atoms with E-state index in [9.17, 15) is 0 Å². The van der Waals surface area contributed by atoms with E-state index < -0.39 is 0 Å². The van der Waals surface area contributed by atoms with Gasteiger partial charge in [0.05, 0.1) is 24.0 Å². The quantitative estimate of drug-likeness (QED) is 0.879. The average Bonchev–Trinajstić information content (AvgIpc) is 2.83. The van der Waals surface area contributed by atoms with E-state index in [1.807, 2.05) is 37.8 Å². The molecule has 4 nitrogen and oxygen atoms in total. The van der Waals surface area contributed by atoms with E-state index in [4.69, 9.17) is 4.74 Å². The van der Waals surface area contributed by atoms with E-state index in [0.717, 1.165) is 17.9 Å². The highest BCUT2D eigenvalue weighted by molar-refractivity contribution is 5.34. The fourth-order valence-corrected chi connectivity index (χ4v) is 2.39. The maximum Gasteiger partial charge on any atom is 0.119 e. The third kappa shape index (κ3) is 3.02. The minimum absolute atomic E-state index is 0.142. The zero-order chi connectivity index (χ0) is 14.5. The first kappa shape index (κ1) is 14.6. The van der Waals surface area contributed by atoms with Gasteiger partial charge in [0.2, 0.25) is 0 Å². The third-order valence-corrected chi connectivity index (χ3v) is 3.44. The van der Waals surface area contributed by atoms with Crippen molar-refractivity contribution in [2.75, 3.05) is 13.7 Å². The van der Waals surface area contributed by atoms with Crippen molar-refractivity contribution < 1.29 is 4.74 Å². The van der Waals surface area contributed by atoms with Crippen molar-refractivity contribution in [2.45, 2.75) is 26.3 Å².